The van der Waals surface area contributed by atoms with Crippen molar-refractivity contribution in [2.45, 2.75) is 13.5 Å². The molecule has 7 heteroatoms. The van der Waals surface area contributed by atoms with Gasteiger partial charge in [0.05, 0.1) is 23.5 Å². The van der Waals surface area contributed by atoms with Gasteiger partial charge in [-0.1, -0.05) is 41.4 Å². The lowest BCUT2D eigenvalue weighted by Gasteiger charge is -2.06. The number of nitrogens with one attached hydrogen (secondary N) is 2. The van der Waals surface area contributed by atoms with Crippen LogP contribution in [0.1, 0.15) is 11.1 Å². The normalized spacial score (nSPS) is 10.5. The molecule has 0 aliphatic rings. The lowest BCUT2D eigenvalue weighted by Crippen LogP contribution is -2.19. The number of hydrogen-bond acceptors (Lipinski definition) is 2. The number of hydrogen-bond donors (Lipinski definition) is 2. The van der Waals surface area contributed by atoms with Crippen molar-refractivity contribution in [3.05, 3.63) is 76.8 Å². The van der Waals surface area contributed by atoms with Crippen molar-refractivity contribution >= 4 is 29.0 Å². The van der Waals surface area contributed by atoms with E-state index >= 15 is 0 Å². The molecule has 0 saturated carbocycles. The highest BCUT2D eigenvalue weighted by Gasteiger charge is 2.07. The van der Waals surface area contributed by atoms with Crippen molar-refractivity contribution in [1.29, 1.82) is 0 Å². The third kappa shape index (κ3) is 4.58. The molecule has 0 fully saturated rings. The molecule has 0 atom stereocenters. The lowest BCUT2D eigenvalue weighted by molar-refractivity contribution is 0.262. The summed E-state index contributed by atoms with van der Waals surface area (Å²) in [6.45, 7) is 2.64. The zero-order chi connectivity index (χ0) is 17.8. The van der Waals surface area contributed by atoms with Crippen LogP contribution in [0.3, 0.4) is 0 Å². The van der Waals surface area contributed by atoms with Gasteiger partial charge in [0.25, 0.3) is 0 Å². The number of halogens is 2. The van der Waals surface area contributed by atoms with Crippen molar-refractivity contribution in [3.63, 3.8) is 0 Å². The highest BCUT2D eigenvalue weighted by molar-refractivity contribution is 6.31. The van der Waals surface area contributed by atoms with Crippen LogP contribution in [-0.2, 0) is 6.54 Å². The maximum Gasteiger partial charge on any atom is 0.323 e. The first-order valence-electron chi connectivity index (χ1n) is 7.61. The molecule has 2 aromatic carbocycles. The summed E-state index contributed by atoms with van der Waals surface area (Å²) in [7, 11) is 0. The Hall–Kier alpha value is -2.86. The lowest BCUT2D eigenvalue weighted by atomic mass is 10.1. The monoisotopic (exact) mass is 358 g/mol. The van der Waals surface area contributed by atoms with E-state index in [0.29, 0.717) is 17.9 Å². The van der Waals surface area contributed by atoms with E-state index in [1.807, 2.05) is 25.1 Å². The predicted octanol–water partition coefficient (Wildman–Crippen LogP) is 4.68. The molecular weight excluding hydrogens is 343 g/mol. The van der Waals surface area contributed by atoms with Gasteiger partial charge in [0, 0.05) is 11.9 Å². The van der Waals surface area contributed by atoms with Gasteiger partial charge in [0.15, 0.2) is 0 Å². The third-order valence-corrected chi connectivity index (χ3v) is 3.79. The van der Waals surface area contributed by atoms with Crippen LogP contribution >= 0.6 is 11.6 Å². The molecule has 128 valence electrons. The van der Waals surface area contributed by atoms with E-state index in [9.17, 15) is 9.18 Å². The summed E-state index contributed by atoms with van der Waals surface area (Å²) in [5.41, 5.74) is 3.26. The summed E-state index contributed by atoms with van der Waals surface area (Å²) in [5, 5.41) is 9.44. The Morgan fingerprint density at radius 3 is 2.76 bits per heavy atom. The zero-order valence-electron chi connectivity index (χ0n) is 13.5. The van der Waals surface area contributed by atoms with Crippen LogP contribution in [-0.4, -0.2) is 15.8 Å². The van der Waals surface area contributed by atoms with Crippen molar-refractivity contribution in [2.75, 3.05) is 10.6 Å². The number of carbonyl (C=O) groups excluding carboxylic acids is 1. The standard InChI is InChI=1S/C18H16ClFN4O/c1-12-3-2-4-13(7-12)10-24-11-15(9-21-24)23-18(25)22-14-5-6-17(20)16(19)8-14/h2-9,11H,10H2,1H3,(H2,22,23,25). The van der Waals surface area contributed by atoms with Crippen LogP contribution in [0.4, 0.5) is 20.6 Å². The van der Waals surface area contributed by atoms with E-state index in [1.54, 1.807) is 17.1 Å². The molecule has 0 bridgehead atoms. The van der Waals surface area contributed by atoms with Crippen LogP contribution in [0.25, 0.3) is 0 Å². The Bertz CT molecular complexity index is 910. The molecule has 0 spiro atoms. The van der Waals surface area contributed by atoms with E-state index < -0.39 is 11.8 Å². The van der Waals surface area contributed by atoms with Crippen molar-refractivity contribution in [2.24, 2.45) is 0 Å². The fraction of sp³-hybridized carbons (Fsp3) is 0.111. The Morgan fingerprint density at radius 1 is 1.20 bits per heavy atom. The average Bonchev–Trinajstić information content (AvgIpc) is 2.98. The molecule has 5 nitrogen and oxygen atoms in total. The number of rotatable bonds is 4. The van der Waals surface area contributed by atoms with E-state index in [4.69, 9.17) is 11.6 Å². The van der Waals surface area contributed by atoms with Gasteiger partial charge < -0.3 is 10.6 Å². The number of aryl methyl sites for hydroxylation is 1. The number of benzene rings is 2. The highest BCUT2D eigenvalue weighted by atomic mass is 35.5. The number of amides is 2. The third-order valence-electron chi connectivity index (χ3n) is 3.50. The maximum atomic E-state index is 13.1. The van der Waals surface area contributed by atoms with Crippen molar-refractivity contribution in [1.82, 2.24) is 9.78 Å². The van der Waals surface area contributed by atoms with Crippen molar-refractivity contribution < 1.29 is 9.18 Å². The first-order chi connectivity index (χ1) is 12.0. The van der Waals surface area contributed by atoms with Gasteiger partial charge in [-0.05, 0) is 30.7 Å². The first-order valence-corrected chi connectivity index (χ1v) is 7.98. The van der Waals surface area contributed by atoms with E-state index in [1.165, 1.54) is 23.8 Å². The molecule has 0 unspecified atom stereocenters. The molecule has 1 aromatic heterocycles. The minimum absolute atomic E-state index is 0.0521. The summed E-state index contributed by atoms with van der Waals surface area (Å²) in [4.78, 5) is 12.0. The number of urea groups is 1. The number of nitrogens with zero attached hydrogens (tertiary/aromatic N) is 2. The molecule has 1 heterocycles. The smallest absolute Gasteiger partial charge is 0.308 e. The van der Waals surface area contributed by atoms with Crippen LogP contribution in [0, 0.1) is 12.7 Å². The minimum atomic E-state index is -0.537. The molecule has 0 radical (unpaired) electrons. The van der Waals surface area contributed by atoms with E-state index in [-0.39, 0.29) is 5.02 Å². The fourth-order valence-electron chi connectivity index (χ4n) is 2.38. The Kier molecular flexibility index (Phi) is 5.00. The van der Waals surface area contributed by atoms with Crippen molar-refractivity contribution in [3.8, 4) is 0 Å². The molecule has 0 saturated heterocycles. The predicted molar refractivity (Wildman–Crippen MR) is 96.6 cm³/mol. The topological polar surface area (TPSA) is 59.0 Å². The Morgan fingerprint density at radius 2 is 2.00 bits per heavy atom. The second kappa shape index (κ2) is 7.36. The van der Waals surface area contributed by atoms with E-state index in [2.05, 4.69) is 21.8 Å². The summed E-state index contributed by atoms with van der Waals surface area (Å²) in [6.07, 6.45) is 3.30. The summed E-state index contributed by atoms with van der Waals surface area (Å²) >= 11 is 5.69. The largest absolute Gasteiger partial charge is 0.323 e. The van der Waals surface area contributed by atoms with Gasteiger partial charge in [0.1, 0.15) is 5.82 Å². The second-order valence-electron chi connectivity index (χ2n) is 5.62. The Balaban J connectivity index is 1.60. The minimum Gasteiger partial charge on any atom is -0.308 e. The van der Waals surface area contributed by atoms with Gasteiger partial charge in [-0.2, -0.15) is 5.10 Å². The molecule has 0 aliphatic heterocycles. The molecule has 3 rings (SSSR count). The van der Waals surface area contributed by atoms with Crippen LogP contribution in [0.2, 0.25) is 5.02 Å². The quantitative estimate of drug-likeness (QED) is 0.711. The molecule has 0 aliphatic carbocycles. The molecule has 3 aromatic rings. The van der Waals surface area contributed by atoms with Crippen LogP contribution in [0.15, 0.2) is 54.9 Å². The average molecular weight is 359 g/mol. The fourth-order valence-corrected chi connectivity index (χ4v) is 2.56. The maximum absolute atomic E-state index is 13.1. The molecule has 2 N–H and O–H groups in total. The first kappa shape index (κ1) is 17.0. The van der Waals surface area contributed by atoms with Gasteiger partial charge in [-0.15, -0.1) is 0 Å². The molecule has 25 heavy (non-hydrogen) atoms. The summed E-state index contributed by atoms with van der Waals surface area (Å²) in [6, 6.07) is 11.6. The van der Waals surface area contributed by atoms with Crippen LogP contribution < -0.4 is 10.6 Å². The van der Waals surface area contributed by atoms with E-state index in [0.717, 1.165) is 5.56 Å². The molecular formula is C18H16ClFN4O. The molecule has 2 amide bonds. The highest BCUT2D eigenvalue weighted by Crippen LogP contribution is 2.19. The second-order valence-corrected chi connectivity index (χ2v) is 6.03. The van der Waals surface area contributed by atoms with Gasteiger partial charge in [-0.25, -0.2) is 9.18 Å². The Labute approximate surface area is 149 Å². The summed E-state index contributed by atoms with van der Waals surface area (Å²) < 4.78 is 14.9. The zero-order valence-corrected chi connectivity index (χ0v) is 14.2. The summed E-state index contributed by atoms with van der Waals surface area (Å²) in [5.74, 6) is -0.537. The van der Waals surface area contributed by atoms with Crippen LogP contribution in [0.5, 0.6) is 0 Å². The SMILES string of the molecule is Cc1cccc(Cn2cc(NC(=O)Nc3ccc(F)c(Cl)c3)cn2)c1. The van der Waals surface area contributed by atoms with Gasteiger partial charge in [0.2, 0.25) is 0 Å². The van der Waals surface area contributed by atoms with Gasteiger partial charge >= 0.3 is 6.03 Å². The number of carbonyl (C=O) groups is 1. The number of anilines is 2. The van der Waals surface area contributed by atoms with Gasteiger partial charge in [-0.3, -0.25) is 4.68 Å². The number of aromatic nitrogens is 2.